The summed E-state index contributed by atoms with van der Waals surface area (Å²) >= 11 is 7.37. The molecule has 1 fully saturated rings. The molecule has 1 aliphatic rings. The SMILES string of the molecule is Cc1ccc(NC(=O)N2CCN(c3nc(Cc4ccc(Cl)cc4)ns3)CC2C)c(C)c1. The normalized spacial score (nSPS) is 16.5. The quantitative estimate of drug-likeness (QED) is 0.591. The predicted octanol–water partition coefficient (Wildman–Crippen LogP) is 5.14. The maximum atomic E-state index is 12.9. The average molecular weight is 456 g/mol. The number of nitrogens with zero attached hydrogens (tertiary/aromatic N) is 4. The molecule has 1 aromatic heterocycles. The Morgan fingerprint density at radius 3 is 2.68 bits per heavy atom. The number of hydrogen-bond donors (Lipinski definition) is 1. The van der Waals surface area contributed by atoms with Crippen molar-refractivity contribution < 1.29 is 4.79 Å². The number of amides is 2. The summed E-state index contributed by atoms with van der Waals surface area (Å²) in [6.45, 7) is 8.25. The monoisotopic (exact) mass is 455 g/mol. The molecule has 6 nitrogen and oxygen atoms in total. The molecule has 0 spiro atoms. The molecule has 2 heterocycles. The van der Waals surface area contributed by atoms with Crippen LogP contribution in [0.5, 0.6) is 0 Å². The number of rotatable bonds is 4. The third kappa shape index (κ3) is 5.17. The molecule has 3 aromatic rings. The van der Waals surface area contributed by atoms with Gasteiger partial charge in [0.15, 0.2) is 0 Å². The third-order valence-electron chi connectivity index (χ3n) is 5.52. The van der Waals surface area contributed by atoms with Crippen LogP contribution in [-0.4, -0.2) is 46.0 Å². The number of aryl methyl sites for hydroxylation is 2. The summed E-state index contributed by atoms with van der Waals surface area (Å²) in [5.74, 6) is 0.810. The van der Waals surface area contributed by atoms with Crippen LogP contribution in [0.4, 0.5) is 15.6 Å². The molecule has 4 rings (SSSR count). The lowest BCUT2D eigenvalue weighted by Gasteiger charge is -2.39. The molecule has 0 aliphatic carbocycles. The number of nitrogens with one attached hydrogen (secondary N) is 1. The number of benzene rings is 2. The van der Waals surface area contributed by atoms with Crippen LogP contribution >= 0.6 is 23.1 Å². The topological polar surface area (TPSA) is 61.4 Å². The highest BCUT2D eigenvalue weighted by Gasteiger charge is 2.29. The zero-order chi connectivity index (χ0) is 22.0. The smallest absolute Gasteiger partial charge is 0.322 e. The van der Waals surface area contributed by atoms with Gasteiger partial charge in [0, 0.05) is 54.3 Å². The highest BCUT2D eigenvalue weighted by atomic mass is 35.5. The van der Waals surface area contributed by atoms with Gasteiger partial charge in [0.25, 0.3) is 0 Å². The van der Waals surface area contributed by atoms with Crippen molar-refractivity contribution in [3.63, 3.8) is 0 Å². The van der Waals surface area contributed by atoms with Gasteiger partial charge in [-0.15, -0.1) is 0 Å². The Labute approximate surface area is 192 Å². The lowest BCUT2D eigenvalue weighted by atomic mass is 10.1. The van der Waals surface area contributed by atoms with Gasteiger partial charge >= 0.3 is 6.03 Å². The first-order valence-electron chi connectivity index (χ1n) is 10.4. The summed E-state index contributed by atoms with van der Waals surface area (Å²) in [5, 5.41) is 4.69. The van der Waals surface area contributed by atoms with Crippen LogP contribution in [-0.2, 0) is 6.42 Å². The molecule has 1 unspecified atom stereocenters. The van der Waals surface area contributed by atoms with Gasteiger partial charge < -0.3 is 15.1 Å². The second-order valence-corrected chi connectivity index (χ2v) is 9.20. The number of urea groups is 1. The fourth-order valence-corrected chi connectivity index (χ4v) is 4.65. The first-order chi connectivity index (χ1) is 14.9. The number of piperazine rings is 1. The number of carbonyl (C=O) groups is 1. The summed E-state index contributed by atoms with van der Waals surface area (Å²) in [4.78, 5) is 21.7. The summed E-state index contributed by atoms with van der Waals surface area (Å²) in [6.07, 6.45) is 0.682. The maximum absolute atomic E-state index is 12.9. The van der Waals surface area contributed by atoms with Crippen molar-refractivity contribution in [3.05, 3.63) is 70.0 Å². The molecule has 0 radical (unpaired) electrons. The van der Waals surface area contributed by atoms with Crippen molar-refractivity contribution >= 4 is 40.0 Å². The highest BCUT2D eigenvalue weighted by molar-refractivity contribution is 7.09. The van der Waals surface area contributed by atoms with E-state index in [0.29, 0.717) is 13.0 Å². The molecule has 0 bridgehead atoms. The van der Waals surface area contributed by atoms with E-state index in [2.05, 4.69) is 27.6 Å². The van der Waals surface area contributed by atoms with E-state index in [9.17, 15) is 4.79 Å². The van der Waals surface area contributed by atoms with Crippen molar-refractivity contribution in [3.8, 4) is 0 Å². The molecule has 1 aliphatic heterocycles. The standard InChI is InChI=1S/C23H26ClN5OS/c1-15-4-9-20(16(2)12-15)25-22(30)29-11-10-28(14-17(29)3)23-26-21(27-31-23)13-18-5-7-19(24)8-6-18/h4-9,12,17H,10-11,13-14H2,1-3H3,(H,25,30). The first kappa shape index (κ1) is 21.6. The van der Waals surface area contributed by atoms with Crippen molar-refractivity contribution in [2.24, 2.45) is 0 Å². The molecule has 0 saturated carbocycles. The lowest BCUT2D eigenvalue weighted by Crippen LogP contribution is -2.55. The number of anilines is 2. The van der Waals surface area contributed by atoms with E-state index in [1.807, 2.05) is 55.1 Å². The van der Waals surface area contributed by atoms with Gasteiger partial charge in [-0.3, -0.25) is 0 Å². The number of aromatic nitrogens is 2. The third-order valence-corrected chi connectivity index (χ3v) is 6.58. The lowest BCUT2D eigenvalue weighted by molar-refractivity contribution is 0.185. The van der Waals surface area contributed by atoms with Gasteiger partial charge in [-0.05, 0) is 50.1 Å². The van der Waals surface area contributed by atoms with E-state index in [0.717, 1.165) is 45.9 Å². The van der Waals surface area contributed by atoms with Crippen LogP contribution in [0, 0.1) is 13.8 Å². The van der Waals surface area contributed by atoms with E-state index < -0.39 is 0 Å². The highest BCUT2D eigenvalue weighted by Crippen LogP contribution is 2.24. The fraction of sp³-hybridized carbons (Fsp3) is 0.348. The Bertz CT molecular complexity index is 1070. The second kappa shape index (κ2) is 9.24. The molecule has 1 atom stereocenters. The minimum atomic E-state index is -0.0557. The van der Waals surface area contributed by atoms with Gasteiger partial charge in [0.05, 0.1) is 0 Å². The minimum absolute atomic E-state index is 0.0557. The van der Waals surface area contributed by atoms with Crippen molar-refractivity contribution in [1.82, 2.24) is 14.3 Å². The van der Waals surface area contributed by atoms with E-state index in [-0.39, 0.29) is 12.1 Å². The Hall–Kier alpha value is -2.64. The van der Waals surface area contributed by atoms with Crippen LogP contribution in [0.25, 0.3) is 0 Å². The van der Waals surface area contributed by atoms with Crippen molar-refractivity contribution in [2.75, 3.05) is 29.9 Å². The van der Waals surface area contributed by atoms with E-state index in [4.69, 9.17) is 16.6 Å². The second-order valence-electron chi connectivity index (χ2n) is 8.03. The molecule has 162 valence electrons. The summed E-state index contributed by atoms with van der Waals surface area (Å²) in [6, 6.07) is 13.8. The zero-order valence-electron chi connectivity index (χ0n) is 17.9. The molecule has 2 amide bonds. The predicted molar refractivity (Wildman–Crippen MR) is 127 cm³/mol. The van der Waals surface area contributed by atoms with Gasteiger partial charge in [0.2, 0.25) is 5.13 Å². The molecule has 1 N–H and O–H groups in total. The Balaban J connectivity index is 1.36. The number of hydrogen-bond acceptors (Lipinski definition) is 5. The molecule has 8 heteroatoms. The average Bonchev–Trinajstić information content (AvgIpc) is 3.20. The minimum Gasteiger partial charge on any atom is -0.343 e. The molecule has 1 saturated heterocycles. The van der Waals surface area contributed by atoms with Crippen LogP contribution in [0.15, 0.2) is 42.5 Å². The van der Waals surface area contributed by atoms with E-state index in [1.165, 1.54) is 17.1 Å². The molecule has 2 aromatic carbocycles. The largest absolute Gasteiger partial charge is 0.343 e. The Morgan fingerprint density at radius 2 is 1.97 bits per heavy atom. The molecular formula is C23H26ClN5OS. The van der Waals surface area contributed by atoms with E-state index in [1.54, 1.807) is 0 Å². The number of carbonyl (C=O) groups excluding carboxylic acids is 1. The first-order valence-corrected chi connectivity index (χ1v) is 11.5. The summed E-state index contributed by atoms with van der Waals surface area (Å²) in [7, 11) is 0. The molecular weight excluding hydrogens is 430 g/mol. The summed E-state index contributed by atoms with van der Waals surface area (Å²) in [5.41, 5.74) is 4.25. The molecule has 31 heavy (non-hydrogen) atoms. The Kier molecular flexibility index (Phi) is 6.43. The van der Waals surface area contributed by atoms with Crippen molar-refractivity contribution in [2.45, 2.75) is 33.2 Å². The summed E-state index contributed by atoms with van der Waals surface area (Å²) < 4.78 is 4.52. The van der Waals surface area contributed by atoms with Gasteiger partial charge in [-0.25, -0.2) is 9.78 Å². The Morgan fingerprint density at radius 1 is 1.19 bits per heavy atom. The maximum Gasteiger partial charge on any atom is 0.322 e. The zero-order valence-corrected chi connectivity index (χ0v) is 19.5. The van der Waals surface area contributed by atoms with Crippen LogP contribution in [0.1, 0.15) is 29.4 Å². The van der Waals surface area contributed by atoms with Gasteiger partial charge in [-0.2, -0.15) is 4.37 Å². The van der Waals surface area contributed by atoms with Crippen molar-refractivity contribution in [1.29, 1.82) is 0 Å². The van der Waals surface area contributed by atoms with Crippen LogP contribution in [0.3, 0.4) is 0 Å². The van der Waals surface area contributed by atoms with Crippen LogP contribution < -0.4 is 10.2 Å². The number of halogens is 1. The van der Waals surface area contributed by atoms with Crippen LogP contribution in [0.2, 0.25) is 5.02 Å². The van der Waals surface area contributed by atoms with Gasteiger partial charge in [-0.1, -0.05) is 41.4 Å². The van der Waals surface area contributed by atoms with E-state index >= 15 is 0 Å². The fourth-order valence-electron chi connectivity index (χ4n) is 3.80. The van der Waals surface area contributed by atoms with Gasteiger partial charge in [0.1, 0.15) is 5.82 Å².